The molecular formula is C14H22N2O2. The first-order chi connectivity index (χ1) is 8.58. The fraction of sp³-hybridized carbons (Fsp3) is 0.500. The van der Waals surface area contributed by atoms with E-state index in [1.54, 1.807) is 6.92 Å². The number of rotatable bonds is 6. The van der Waals surface area contributed by atoms with Gasteiger partial charge in [-0.1, -0.05) is 12.1 Å². The first-order valence-electron chi connectivity index (χ1n) is 6.38. The van der Waals surface area contributed by atoms with Gasteiger partial charge in [-0.05, 0) is 38.5 Å². The fourth-order valence-electron chi connectivity index (χ4n) is 1.78. The van der Waals surface area contributed by atoms with Crippen LogP contribution in [0.5, 0.6) is 0 Å². The molecule has 0 saturated heterocycles. The van der Waals surface area contributed by atoms with Crippen LogP contribution >= 0.6 is 0 Å². The second kappa shape index (κ2) is 7.01. The molecule has 0 aliphatic carbocycles. The molecule has 1 amide bonds. The van der Waals surface area contributed by atoms with Crippen molar-refractivity contribution in [3.63, 3.8) is 0 Å². The number of carbonyl (C=O) groups is 1. The van der Waals surface area contributed by atoms with Crippen molar-refractivity contribution in [2.24, 2.45) is 0 Å². The molecule has 1 aromatic rings. The number of anilines is 1. The Hall–Kier alpha value is -1.55. The molecule has 100 valence electrons. The predicted molar refractivity (Wildman–Crippen MR) is 73.6 cm³/mol. The molecule has 4 nitrogen and oxygen atoms in total. The zero-order valence-electron chi connectivity index (χ0n) is 11.3. The van der Waals surface area contributed by atoms with Crippen molar-refractivity contribution < 1.29 is 9.90 Å². The van der Waals surface area contributed by atoms with Gasteiger partial charge in [-0.2, -0.15) is 0 Å². The lowest BCUT2D eigenvalue weighted by Gasteiger charge is -2.22. The van der Waals surface area contributed by atoms with Gasteiger partial charge in [0, 0.05) is 18.8 Å². The summed E-state index contributed by atoms with van der Waals surface area (Å²) in [5.74, 6) is 0.0268. The molecule has 4 heteroatoms. The Bertz CT molecular complexity index is 374. The summed E-state index contributed by atoms with van der Waals surface area (Å²) in [6.45, 7) is 7.44. The van der Waals surface area contributed by atoms with E-state index in [0.29, 0.717) is 13.1 Å². The van der Waals surface area contributed by atoms with Crippen molar-refractivity contribution in [3.8, 4) is 0 Å². The highest BCUT2D eigenvalue weighted by Gasteiger charge is 2.09. The molecule has 2 N–H and O–H groups in total. The molecule has 1 atom stereocenters. The Morgan fingerprint density at radius 3 is 2.39 bits per heavy atom. The monoisotopic (exact) mass is 250 g/mol. The summed E-state index contributed by atoms with van der Waals surface area (Å²) in [6.07, 6.45) is -0.461. The summed E-state index contributed by atoms with van der Waals surface area (Å²) >= 11 is 0. The Morgan fingerprint density at radius 2 is 1.94 bits per heavy atom. The van der Waals surface area contributed by atoms with Gasteiger partial charge < -0.3 is 15.3 Å². The first kappa shape index (κ1) is 14.5. The minimum Gasteiger partial charge on any atom is -0.389 e. The van der Waals surface area contributed by atoms with Crippen molar-refractivity contribution >= 4 is 11.6 Å². The average Bonchev–Trinajstić information content (AvgIpc) is 2.36. The van der Waals surface area contributed by atoms with Crippen LogP contribution in [0.25, 0.3) is 0 Å². The summed E-state index contributed by atoms with van der Waals surface area (Å²) in [5.41, 5.74) is 1.88. The molecule has 0 radical (unpaired) electrons. The van der Waals surface area contributed by atoms with E-state index in [4.69, 9.17) is 0 Å². The summed E-state index contributed by atoms with van der Waals surface area (Å²) < 4.78 is 0. The lowest BCUT2D eigenvalue weighted by Crippen LogP contribution is -2.37. The van der Waals surface area contributed by atoms with Gasteiger partial charge in [0.05, 0.1) is 12.6 Å². The zero-order chi connectivity index (χ0) is 13.5. The van der Waals surface area contributed by atoms with Gasteiger partial charge in [0.15, 0.2) is 0 Å². The average molecular weight is 250 g/mol. The summed E-state index contributed by atoms with van der Waals surface area (Å²) in [6, 6.07) is 7.65. The largest absolute Gasteiger partial charge is 0.389 e. The molecule has 0 aliphatic heterocycles. The molecule has 18 heavy (non-hydrogen) atoms. The van der Waals surface area contributed by atoms with Crippen molar-refractivity contribution in [2.45, 2.75) is 26.9 Å². The molecule has 0 heterocycles. The van der Waals surface area contributed by atoms with Crippen LogP contribution < -0.4 is 10.2 Å². The minimum absolute atomic E-state index is 0.0268. The third-order valence-corrected chi connectivity index (χ3v) is 2.83. The quantitative estimate of drug-likeness (QED) is 0.808. The molecule has 1 rings (SSSR count). The van der Waals surface area contributed by atoms with Crippen molar-refractivity contribution in [1.29, 1.82) is 0 Å². The highest BCUT2D eigenvalue weighted by atomic mass is 16.3. The van der Waals surface area contributed by atoms with Crippen LogP contribution in [0.2, 0.25) is 0 Å². The maximum atomic E-state index is 11.6. The Balaban J connectivity index is 2.73. The van der Waals surface area contributed by atoms with Crippen molar-refractivity contribution in [3.05, 3.63) is 29.8 Å². The number of hydrogen-bond donors (Lipinski definition) is 2. The van der Waals surface area contributed by atoms with Gasteiger partial charge in [0.1, 0.15) is 0 Å². The zero-order valence-corrected chi connectivity index (χ0v) is 11.3. The summed E-state index contributed by atoms with van der Waals surface area (Å²) in [4.78, 5) is 13.6. The van der Waals surface area contributed by atoms with E-state index >= 15 is 0 Å². The number of carbonyl (C=O) groups excluding carboxylic acids is 1. The molecule has 0 spiro atoms. The van der Waals surface area contributed by atoms with Gasteiger partial charge in [0.25, 0.3) is 0 Å². The number of benzene rings is 1. The lowest BCUT2D eigenvalue weighted by atomic mass is 10.1. The van der Waals surface area contributed by atoms with Crippen LogP contribution in [0, 0.1) is 0 Å². The standard InChI is InChI=1S/C14H22N2O2/c1-4-15-14(18)10-16(5-2)13-8-6-12(7-9-13)11(3)17/h6-9,11,17H,4-5,10H2,1-3H3,(H,15,18)/t11-/m0/s1. The smallest absolute Gasteiger partial charge is 0.239 e. The van der Waals surface area contributed by atoms with Crippen molar-refractivity contribution in [1.82, 2.24) is 5.32 Å². The van der Waals surface area contributed by atoms with E-state index in [1.165, 1.54) is 0 Å². The van der Waals surface area contributed by atoms with E-state index < -0.39 is 6.10 Å². The predicted octanol–water partition coefficient (Wildman–Crippen LogP) is 1.70. The molecular weight excluding hydrogens is 228 g/mol. The second-order valence-corrected chi connectivity index (χ2v) is 4.24. The van der Waals surface area contributed by atoms with Gasteiger partial charge in [-0.15, -0.1) is 0 Å². The third kappa shape index (κ3) is 4.04. The Morgan fingerprint density at radius 1 is 1.33 bits per heavy atom. The number of nitrogens with zero attached hydrogens (tertiary/aromatic N) is 1. The Kier molecular flexibility index (Phi) is 5.65. The number of nitrogens with one attached hydrogen (secondary N) is 1. The summed E-state index contributed by atoms with van der Waals surface area (Å²) in [5, 5.41) is 12.2. The summed E-state index contributed by atoms with van der Waals surface area (Å²) in [7, 11) is 0. The SMILES string of the molecule is CCNC(=O)CN(CC)c1ccc([C@H](C)O)cc1. The molecule has 0 fully saturated rings. The number of aliphatic hydroxyl groups excluding tert-OH is 1. The van der Waals surface area contributed by atoms with Crippen LogP contribution in [-0.2, 0) is 4.79 Å². The van der Waals surface area contributed by atoms with Gasteiger partial charge >= 0.3 is 0 Å². The van der Waals surface area contributed by atoms with E-state index in [9.17, 15) is 9.90 Å². The maximum absolute atomic E-state index is 11.6. The highest BCUT2D eigenvalue weighted by Crippen LogP contribution is 2.18. The number of likely N-dealkylation sites (N-methyl/N-ethyl adjacent to an activating group) is 2. The van der Waals surface area contributed by atoms with E-state index in [0.717, 1.165) is 17.8 Å². The third-order valence-electron chi connectivity index (χ3n) is 2.83. The molecule has 1 aromatic carbocycles. The lowest BCUT2D eigenvalue weighted by molar-refractivity contribution is -0.119. The van der Waals surface area contributed by atoms with E-state index in [-0.39, 0.29) is 5.91 Å². The maximum Gasteiger partial charge on any atom is 0.239 e. The topological polar surface area (TPSA) is 52.6 Å². The Labute approximate surface area is 109 Å². The van der Waals surface area contributed by atoms with E-state index in [2.05, 4.69) is 5.32 Å². The normalized spacial score (nSPS) is 12.0. The minimum atomic E-state index is -0.461. The van der Waals surface area contributed by atoms with Gasteiger partial charge in [0.2, 0.25) is 5.91 Å². The van der Waals surface area contributed by atoms with Crippen LogP contribution in [0.4, 0.5) is 5.69 Å². The fourth-order valence-corrected chi connectivity index (χ4v) is 1.78. The molecule has 0 aromatic heterocycles. The molecule has 0 aliphatic rings. The van der Waals surface area contributed by atoms with Crippen LogP contribution in [0.3, 0.4) is 0 Å². The number of amides is 1. The number of aliphatic hydroxyl groups is 1. The molecule has 0 bridgehead atoms. The molecule has 0 saturated carbocycles. The second-order valence-electron chi connectivity index (χ2n) is 4.24. The van der Waals surface area contributed by atoms with Crippen molar-refractivity contribution in [2.75, 3.05) is 24.5 Å². The highest BCUT2D eigenvalue weighted by molar-refractivity contribution is 5.81. The van der Waals surface area contributed by atoms with Crippen LogP contribution in [-0.4, -0.2) is 30.6 Å². The number of hydrogen-bond acceptors (Lipinski definition) is 3. The van der Waals surface area contributed by atoms with Crippen LogP contribution in [0.1, 0.15) is 32.4 Å². The van der Waals surface area contributed by atoms with Gasteiger partial charge in [-0.25, -0.2) is 0 Å². The van der Waals surface area contributed by atoms with Gasteiger partial charge in [-0.3, -0.25) is 4.79 Å². The van der Waals surface area contributed by atoms with Crippen LogP contribution in [0.15, 0.2) is 24.3 Å². The van der Waals surface area contributed by atoms with E-state index in [1.807, 2.05) is 43.0 Å². The first-order valence-corrected chi connectivity index (χ1v) is 6.38. The molecule has 0 unspecified atom stereocenters.